The zero-order chi connectivity index (χ0) is 13.7. The van der Waals surface area contributed by atoms with Gasteiger partial charge in [-0.3, -0.25) is 0 Å². The minimum absolute atomic E-state index is 0.584. The predicted molar refractivity (Wildman–Crippen MR) is 78.2 cm³/mol. The Kier molecular flexibility index (Phi) is 5.08. The Morgan fingerprint density at radius 1 is 1.11 bits per heavy atom. The first-order valence-electron chi connectivity index (χ1n) is 7.17. The number of hydrogen-bond donors (Lipinski definition) is 1. The van der Waals surface area contributed by atoms with Gasteiger partial charge in [-0.2, -0.15) is 0 Å². The third-order valence-corrected chi connectivity index (χ3v) is 4.21. The van der Waals surface area contributed by atoms with E-state index in [0.717, 1.165) is 11.5 Å². The van der Waals surface area contributed by atoms with E-state index < -0.39 is 0 Å². The Bertz CT molecular complexity index is 406. The van der Waals surface area contributed by atoms with Gasteiger partial charge in [0.1, 0.15) is 11.5 Å². The molecular formula is C16H25NO2. The van der Waals surface area contributed by atoms with E-state index in [1.165, 1.54) is 37.7 Å². The third-order valence-electron chi connectivity index (χ3n) is 4.21. The van der Waals surface area contributed by atoms with Crippen LogP contribution >= 0.6 is 0 Å². The van der Waals surface area contributed by atoms with Crippen LogP contribution in [0.5, 0.6) is 11.5 Å². The van der Waals surface area contributed by atoms with Gasteiger partial charge in [-0.1, -0.05) is 18.9 Å². The van der Waals surface area contributed by atoms with Crippen molar-refractivity contribution in [3.05, 3.63) is 23.8 Å². The first-order chi connectivity index (χ1) is 9.28. The van der Waals surface area contributed by atoms with Gasteiger partial charge < -0.3 is 14.8 Å². The summed E-state index contributed by atoms with van der Waals surface area (Å²) < 4.78 is 10.8. The fourth-order valence-corrected chi connectivity index (χ4v) is 3.06. The van der Waals surface area contributed by atoms with Gasteiger partial charge in [-0.15, -0.1) is 0 Å². The van der Waals surface area contributed by atoms with Crippen molar-refractivity contribution >= 4 is 0 Å². The van der Waals surface area contributed by atoms with Crippen LogP contribution in [0.4, 0.5) is 0 Å². The lowest BCUT2D eigenvalue weighted by Crippen LogP contribution is -2.25. The SMILES string of the molecule is CNC1CCCCC(c2ccc(OC)cc2OC)C1. The smallest absolute Gasteiger partial charge is 0.126 e. The lowest BCUT2D eigenvalue weighted by molar-refractivity contribution is 0.383. The van der Waals surface area contributed by atoms with Crippen LogP contribution in [-0.2, 0) is 0 Å². The van der Waals surface area contributed by atoms with Crippen molar-refractivity contribution in [2.24, 2.45) is 0 Å². The molecule has 3 nitrogen and oxygen atoms in total. The Hall–Kier alpha value is -1.22. The molecule has 106 valence electrons. The molecule has 1 saturated carbocycles. The summed E-state index contributed by atoms with van der Waals surface area (Å²) in [5.74, 6) is 2.40. The van der Waals surface area contributed by atoms with Gasteiger partial charge in [0.2, 0.25) is 0 Å². The maximum absolute atomic E-state index is 5.55. The normalized spacial score (nSPS) is 23.7. The summed E-state index contributed by atoms with van der Waals surface area (Å²) in [4.78, 5) is 0. The van der Waals surface area contributed by atoms with Crippen LogP contribution in [0.2, 0.25) is 0 Å². The van der Waals surface area contributed by atoms with E-state index in [1.54, 1.807) is 14.2 Å². The fourth-order valence-electron chi connectivity index (χ4n) is 3.06. The zero-order valence-electron chi connectivity index (χ0n) is 12.2. The molecule has 2 rings (SSSR count). The highest BCUT2D eigenvalue weighted by Gasteiger charge is 2.23. The lowest BCUT2D eigenvalue weighted by Gasteiger charge is -2.22. The summed E-state index contributed by atoms with van der Waals surface area (Å²) in [6.45, 7) is 0. The van der Waals surface area contributed by atoms with Crippen LogP contribution in [0.25, 0.3) is 0 Å². The number of methoxy groups -OCH3 is 2. The molecule has 0 amide bonds. The van der Waals surface area contributed by atoms with Gasteiger partial charge in [0.15, 0.2) is 0 Å². The van der Waals surface area contributed by atoms with Crippen molar-refractivity contribution in [3.8, 4) is 11.5 Å². The Labute approximate surface area is 116 Å². The quantitative estimate of drug-likeness (QED) is 0.845. The average molecular weight is 263 g/mol. The molecule has 1 aliphatic carbocycles. The second-order valence-electron chi connectivity index (χ2n) is 5.31. The zero-order valence-corrected chi connectivity index (χ0v) is 12.2. The molecule has 1 N–H and O–H groups in total. The average Bonchev–Trinajstić information content (AvgIpc) is 2.71. The van der Waals surface area contributed by atoms with Crippen molar-refractivity contribution in [1.29, 1.82) is 0 Å². The monoisotopic (exact) mass is 263 g/mol. The minimum Gasteiger partial charge on any atom is -0.497 e. The first kappa shape index (κ1) is 14.2. The summed E-state index contributed by atoms with van der Waals surface area (Å²) in [5.41, 5.74) is 1.32. The number of benzene rings is 1. The van der Waals surface area contributed by atoms with Crippen molar-refractivity contribution in [2.45, 2.75) is 44.1 Å². The van der Waals surface area contributed by atoms with Gasteiger partial charge in [0, 0.05) is 12.1 Å². The van der Waals surface area contributed by atoms with Gasteiger partial charge in [-0.05, 0) is 43.9 Å². The van der Waals surface area contributed by atoms with Crippen molar-refractivity contribution in [2.75, 3.05) is 21.3 Å². The Morgan fingerprint density at radius 3 is 2.58 bits per heavy atom. The summed E-state index contributed by atoms with van der Waals surface area (Å²) >= 11 is 0. The maximum Gasteiger partial charge on any atom is 0.126 e. The molecule has 1 aromatic rings. The maximum atomic E-state index is 5.55. The molecule has 1 fully saturated rings. The van der Waals surface area contributed by atoms with E-state index in [1.807, 2.05) is 12.1 Å². The van der Waals surface area contributed by atoms with Crippen molar-refractivity contribution < 1.29 is 9.47 Å². The van der Waals surface area contributed by atoms with Crippen LogP contribution in [-0.4, -0.2) is 27.3 Å². The van der Waals surface area contributed by atoms with Gasteiger partial charge in [0.25, 0.3) is 0 Å². The van der Waals surface area contributed by atoms with Gasteiger partial charge in [0.05, 0.1) is 14.2 Å². The van der Waals surface area contributed by atoms with Crippen LogP contribution in [0.15, 0.2) is 18.2 Å². The molecule has 1 aromatic carbocycles. The highest BCUT2D eigenvalue weighted by atomic mass is 16.5. The highest BCUT2D eigenvalue weighted by Crippen LogP contribution is 2.38. The molecule has 2 atom stereocenters. The van der Waals surface area contributed by atoms with E-state index in [9.17, 15) is 0 Å². The molecule has 19 heavy (non-hydrogen) atoms. The first-order valence-corrected chi connectivity index (χ1v) is 7.17. The topological polar surface area (TPSA) is 30.5 Å². The molecule has 1 aliphatic rings. The van der Waals surface area contributed by atoms with Crippen LogP contribution in [0, 0.1) is 0 Å². The summed E-state index contributed by atoms with van der Waals surface area (Å²) in [7, 11) is 5.50. The standard InChI is InChI=1S/C16H25NO2/c1-17-13-7-5-4-6-12(10-13)15-9-8-14(18-2)11-16(15)19-3/h8-9,11-13,17H,4-7,10H2,1-3H3. The lowest BCUT2D eigenvalue weighted by atomic mass is 9.89. The van der Waals surface area contributed by atoms with Gasteiger partial charge in [-0.25, -0.2) is 0 Å². The highest BCUT2D eigenvalue weighted by molar-refractivity contribution is 5.42. The summed E-state index contributed by atoms with van der Waals surface area (Å²) in [6, 6.07) is 6.82. The second kappa shape index (κ2) is 6.80. The van der Waals surface area contributed by atoms with E-state index in [2.05, 4.69) is 18.4 Å². The largest absolute Gasteiger partial charge is 0.497 e. The Balaban J connectivity index is 2.23. The fraction of sp³-hybridized carbons (Fsp3) is 0.625. The minimum atomic E-state index is 0.584. The number of rotatable bonds is 4. The number of nitrogens with one attached hydrogen (secondary N) is 1. The van der Waals surface area contributed by atoms with Crippen LogP contribution < -0.4 is 14.8 Å². The Morgan fingerprint density at radius 2 is 1.89 bits per heavy atom. The molecule has 0 radical (unpaired) electrons. The van der Waals surface area contributed by atoms with E-state index in [4.69, 9.17) is 9.47 Å². The van der Waals surface area contributed by atoms with Crippen molar-refractivity contribution in [1.82, 2.24) is 5.32 Å². The molecule has 0 aliphatic heterocycles. The van der Waals surface area contributed by atoms with Crippen LogP contribution in [0.1, 0.15) is 43.6 Å². The van der Waals surface area contributed by atoms with E-state index in [-0.39, 0.29) is 0 Å². The number of ether oxygens (including phenoxy) is 2. The van der Waals surface area contributed by atoms with Crippen LogP contribution in [0.3, 0.4) is 0 Å². The molecule has 0 bridgehead atoms. The molecule has 0 aromatic heterocycles. The summed E-state index contributed by atoms with van der Waals surface area (Å²) in [6.07, 6.45) is 6.35. The molecule has 0 saturated heterocycles. The molecule has 2 unspecified atom stereocenters. The predicted octanol–water partition coefficient (Wildman–Crippen LogP) is 3.34. The van der Waals surface area contributed by atoms with Gasteiger partial charge >= 0.3 is 0 Å². The molecule has 3 heteroatoms. The summed E-state index contributed by atoms with van der Waals surface area (Å²) in [5, 5.41) is 3.44. The second-order valence-corrected chi connectivity index (χ2v) is 5.31. The molecule has 0 heterocycles. The van der Waals surface area contributed by atoms with E-state index in [0.29, 0.717) is 12.0 Å². The molecular weight excluding hydrogens is 238 g/mol. The van der Waals surface area contributed by atoms with Crippen molar-refractivity contribution in [3.63, 3.8) is 0 Å². The third kappa shape index (κ3) is 3.41. The molecule has 0 spiro atoms. The number of hydrogen-bond acceptors (Lipinski definition) is 3. The van der Waals surface area contributed by atoms with E-state index >= 15 is 0 Å².